The smallest absolute Gasteiger partial charge is 0.335 e. The molecule has 0 amide bonds. The Morgan fingerprint density at radius 1 is 1.08 bits per heavy atom. The fourth-order valence-electron chi connectivity index (χ4n) is 2.49. The normalized spacial score (nSPS) is 11.1. The summed E-state index contributed by atoms with van der Waals surface area (Å²) in [6.07, 6.45) is 3.47. The third kappa shape index (κ3) is 3.48. The number of nitrogens with zero attached hydrogens (tertiary/aromatic N) is 2. The molecule has 4 nitrogen and oxygen atoms in total. The van der Waals surface area contributed by atoms with Gasteiger partial charge in [0.05, 0.1) is 17.2 Å². The summed E-state index contributed by atoms with van der Waals surface area (Å²) in [4.78, 5) is 11.1. The number of rotatable bonds is 4. The number of benzene rings is 2. The lowest BCUT2D eigenvalue weighted by Gasteiger charge is -2.08. The van der Waals surface area contributed by atoms with Crippen LogP contribution in [0.1, 0.15) is 21.6 Å². The summed E-state index contributed by atoms with van der Waals surface area (Å²) in [5.41, 5.74) is 2.56. The molecule has 122 valence electrons. The largest absolute Gasteiger partial charge is 0.478 e. The number of halogens is 1. The summed E-state index contributed by atoms with van der Waals surface area (Å²) in [6, 6.07) is 18.0. The lowest BCUT2D eigenvalue weighted by Crippen LogP contribution is -2.00. The lowest BCUT2D eigenvalue weighted by atomic mass is 10.1. The first kappa shape index (κ1) is 16.2. The highest BCUT2D eigenvalue weighted by molar-refractivity contribution is 5.90. The molecule has 1 heterocycles. The number of carboxylic acid groups (broad SMARTS) is 1. The van der Waals surface area contributed by atoms with Crippen LogP contribution in [0.5, 0.6) is 0 Å². The van der Waals surface area contributed by atoms with E-state index < -0.39 is 5.97 Å². The number of allylic oxidation sites excluding steroid dienone is 1. The Labute approximate surface area is 143 Å². The molecule has 0 bridgehead atoms. The standard InChI is InChI=1S/C20H13FN2O2/c21-17-8-6-14(7-9-17)16(13-22)12-19-5-2-10-23(19)18-4-1-3-15(11-18)20(24)25/h1-12H,(H,24,25)/b16-12-. The number of nitriles is 1. The van der Waals surface area contributed by atoms with E-state index in [1.165, 1.54) is 18.2 Å². The van der Waals surface area contributed by atoms with Gasteiger partial charge in [0.2, 0.25) is 0 Å². The molecule has 3 rings (SSSR count). The van der Waals surface area contributed by atoms with Crippen LogP contribution in [0, 0.1) is 17.1 Å². The van der Waals surface area contributed by atoms with Gasteiger partial charge in [-0.3, -0.25) is 0 Å². The van der Waals surface area contributed by atoms with E-state index in [2.05, 4.69) is 6.07 Å². The van der Waals surface area contributed by atoms with Gasteiger partial charge in [0.1, 0.15) is 5.82 Å². The monoisotopic (exact) mass is 332 g/mol. The van der Waals surface area contributed by atoms with Crippen molar-refractivity contribution in [3.05, 3.63) is 89.5 Å². The summed E-state index contributed by atoms with van der Waals surface area (Å²) in [5, 5.41) is 18.6. The number of carboxylic acids is 1. The molecule has 3 aromatic rings. The molecule has 0 aliphatic heterocycles. The quantitative estimate of drug-likeness (QED) is 0.721. The average Bonchev–Trinajstić information content (AvgIpc) is 3.09. The number of hydrogen-bond acceptors (Lipinski definition) is 2. The van der Waals surface area contributed by atoms with E-state index >= 15 is 0 Å². The maximum Gasteiger partial charge on any atom is 0.335 e. The highest BCUT2D eigenvalue weighted by Crippen LogP contribution is 2.21. The molecule has 0 saturated heterocycles. The van der Waals surface area contributed by atoms with Crippen LogP contribution in [-0.2, 0) is 0 Å². The molecular formula is C20H13FN2O2. The van der Waals surface area contributed by atoms with Crippen molar-refractivity contribution >= 4 is 17.6 Å². The van der Waals surface area contributed by atoms with Crippen LogP contribution in [0.3, 0.4) is 0 Å². The van der Waals surface area contributed by atoms with Crippen molar-refractivity contribution in [3.63, 3.8) is 0 Å². The van der Waals surface area contributed by atoms with Gasteiger partial charge in [-0.15, -0.1) is 0 Å². The molecule has 2 aromatic carbocycles. The van der Waals surface area contributed by atoms with Crippen LogP contribution in [0.2, 0.25) is 0 Å². The van der Waals surface area contributed by atoms with E-state index in [9.17, 15) is 14.4 Å². The molecule has 0 atom stereocenters. The van der Waals surface area contributed by atoms with Gasteiger partial charge in [0.15, 0.2) is 0 Å². The number of hydrogen-bond donors (Lipinski definition) is 1. The first-order chi connectivity index (χ1) is 12.1. The second-order valence-corrected chi connectivity index (χ2v) is 5.34. The Morgan fingerprint density at radius 2 is 1.84 bits per heavy atom. The maximum absolute atomic E-state index is 13.1. The van der Waals surface area contributed by atoms with Gasteiger partial charge in [-0.1, -0.05) is 18.2 Å². The third-order valence-corrected chi connectivity index (χ3v) is 3.72. The van der Waals surface area contributed by atoms with E-state index in [-0.39, 0.29) is 11.4 Å². The first-order valence-corrected chi connectivity index (χ1v) is 7.47. The van der Waals surface area contributed by atoms with Gasteiger partial charge in [0.25, 0.3) is 0 Å². The molecule has 0 unspecified atom stereocenters. The molecule has 0 aliphatic rings. The molecule has 0 radical (unpaired) electrons. The van der Waals surface area contributed by atoms with Gasteiger partial charge in [-0.05, 0) is 54.1 Å². The van der Waals surface area contributed by atoms with Crippen LogP contribution < -0.4 is 0 Å². The molecule has 25 heavy (non-hydrogen) atoms. The first-order valence-electron chi connectivity index (χ1n) is 7.47. The fourth-order valence-corrected chi connectivity index (χ4v) is 2.49. The SMILES string of the molecule is N#C/C(=C/c1cccn1-c1cccc(C(=O)O)c1)c1ccc(F)cc1. The van der Waals surface area contributed by atoms with Gasteiger partial charge >= 0.3 is 5.97 Å². The summed E-state index contributed by atoms with van der Waals surface area (Å²) >= 11 is 0. The number of carbonyl (C=O) groups is 1. The van der Waals surface area contributed by atoms with Crippen LogP contribution in [0.25, 0.3) is 17.3 Å². The topological polar surface area (TPSA) is 66.0 Å². The lowest BCUT2D eigenvalue weighted by molar-refractivity contribution is 0.0697. The molecule has 0 aliphatic carbocycles. The second-order valence-electron chi connectivity index (χ2n) is 5.34. The number of aromatic carboxylic acids is 1. The molecule has 5 heteroatoms. The Bertz CT molecular complexity index is 995. The van der Waals surface area contributed by atoms with Crippen molar-refractivity contribution in [2.75, 3.05) is 0 Å². The van der Waals surface area contributed by atoms with Crippen LogP contribution in [0.4, 0.5) is 4.39 Å². The summed E-state index contributed by atoms with van der Waals surface area (Å²) < 4.78 is 14.9. The summed E-state index contributed by atoms with van der Waals surface area (Å²) in [7, 11) is 0. The molecule has 0 spiro atoms. The predicted octanol–water partition coefficient (Wildman–Crippen LogP) is 4.38. The van der Waals surface area contributed by atoms with Gasteiger partial charge in [0, 0.05) is 17.6 Å². The van der Waals surface area contributed by atoms with Crippen molar-refractivity contribution in [1.29, 1.82) is 5.26 Å². The van der Waals surface area contributed by atoms with Crippen molar-refractivity contribution in [1.82, 2.24) is 4.57 Å². The van der Waals surface area contributed by atoms with E-state index in [1.54, 1.807) is 53.2 Å². The summed E-state index contributed by atoms with van der Waals surface area (Å²) in [6.45, 7) is 0. The molecular weight excluding hydrogens is 319 g/mol. The van der Waals surface area contributed by atoms with Gasteiger partial charge in [-0.25, -0.2) is 9.18 Å². The van der Waals surface area contributed by atoms with Crippen molar-refractivity contribution in [2.45, 2.75) is 0 Å². The Balaban J connectivity index is 2.04. The predicted molar refractivity (Wildman–Crippen MR) is 92.6 cm³/mol. The fraction of sp³-hybridized carbons (Fsp3) is 0. The van der Waals surface area contributed by atoms with Crippen molar-refractivity contribution < 1.29 is 14.3 Å². The molecule has 1 aromatic heterocycles. The zero-order valence-electron chi connectivity index (χ0n) is 13.1. The minimum atomic E-state index is -1.00. The van der Waals surface area contributed by atoms with E-state index in [0.29, 0.717) is 22.5 Å². The van der Waals surface area contributed by atoms with Crippen LogP contribution in [0.15, 0.2) is 66.9 Å². The van der Waals surface area contributed by atoms with Gasteiger partial charge < -0.3 is 9.67 Å². The minimum absolute atomic E-state index is 0.181. The molecule has 0 saturated carbocycles. The summed E-state index contributed by atoms with van der Waals surface area (Å²) in [5.74, 6) is -1.37. The average molecular weight is 332 g/mol. The van der Waals surface area contributed by atoms with Crippen molar-refractivity contribution in [2.24, 2.45) is 0 Å². The Hall–Kier alpha value is -3.65. The van der Waals surface area contributed by atoms with E-state index in [1.807, 2.05) is 6.07 Å². The zero-order valence-corrected chi connectivity index (χ0v) is 13.1. The van der Waals surface area contributed by atoms with E-state index in [4.69, 9.17) is 5.11 Å². The third-order valence-electron chi connectivity index (χ3n) is 3.72. The maximum atomic E-state index is 13.1. The van der Waals surface area contributed by atoms with E-state index in [0.717, 1.165) is 0 Å². The minimum Gasteiger partial charge on any atom is -0.478 e. The van der Waals surface area contributed by atoms with Crippen LogP contribution in [-0.4, -0.2) is 15.6 Å². The van der Waals surface area contributed by atoms with Gasteiger partial charge in [-0.2, -0.15) is 5.26 Å². The molecule has 0 fully saturated rings. The Morgan fingerprint density at radius 3 is 2.52 bits per heavy atom. The van der Waals surface area contributed by atoms with Crippen LogP contribution >= 0.6 is 0 Å². The molecule has 1 N–H and O–H groups in total. The highest BCUT2D eigenvalue weighted by atomic mass is 19.1. The Kier molecular flexibility index (Phi) is 4.44. The zero-order chi connectivity index (χ0) is 17.8. The second kappa shape index (κ2) is 6.85. The highest BCUT2D eigenvalue weighted by Gasteiger charge is 2.08. The van der Waals surface area contributed by atoms with Crippen molar-refractivity contribution in [3.8, 4) is 11.8 Å². The number of aromatic nitrogens is 1.